The van der Waals surface area contributed by atoms with E-state index in [9.17, 15) is 13.2 Å². The van der Waals surface area contributed by atoms with E-state index < -0.39 is 11.7 Å². The Bertz CT molecular complexity index is 534. The highest BCUT2D eigenvalue weighted by atomic mass is 19.4. The Hall–Kier alpha value is -1.82. The molecule has 0 atom stereocenters. The van der Waals surface area contributed by atoms with Gasteiger partial charge in [0.1, 0.15) is 6.26 Å². The molecular weight excluding hydrogens is 245 g/mol. The van der Waals surface area contributed by atoms with Gasteiger partial charge in [-0.3, -0.25) is 0 Å². The van der Waals surface area contributed by atoms with Crippen LogP contribution in [0.3, 0.4) is 0 Å². The van der Waals surface area contributed by atoms with Gasteiger partial charge in [-0.15, -0.1) is 0 Å². The molecule has 1 aromatic heterocycles. The van der Waals surface area contributed by atoms with Crippen LogP contribution in [0.25, 0.3) is 0 Å². The van der Waals surface area contributed by atoms with Crippen LogP contribution in [-0.2, 0) is 19.1 Å². The van der Waals surface area contributed by atoms with E-state index in [1.165, 1.54) is 18.4 Å². The summed E-state index contributed by atoms with van der Waals surface area (Å²) in [6.07, 6.45) is -3.03. The lowest BCUT2D eigenvalue weighted by Crippen LogP contribution is -2.09. The monoisotopic (exact) mass is 256 g/mol. The highest BCUT2D eigenvalue weighted by Crippen LogP contribution is 2.32. The molecule has 0 radical (unpaired) electrons. The molecule has 0 aliphatic rings. The van der Waals surface area contributed by atoms with E-state index in [4.69, 9.17) is 10.2 Å². The lowest BCUT2D eigenvalue weighted by molar-refractivity contribution is -0.138. The Morgan fingerprint density at radius 2 is 1.94 bits per heavy atom. The molecule has 1 aromatic carbocycles. The lowest BCUT2D eigenvalue weighted by Gasteiger charge is -2.10. The number of rotatable bonds is 3. The minimum Gasteiger partial charge on any atom is -0.448 e. The second-order valence-corrected chi connectivity index (χ2v) is 3.77. The zero-order chi connectivity index (χ0) is 13.2. The fraction of sp³-hybridized carbons (Fsp3) is 0.250. The number of hydrogen-bond donors (Lipinski definition) is 1. The van der Waals surface area contributed by atoms with Gasteiger partial charge in [-0.2, -0.15) is 13.2 Å². The van der Waals surface area contributed by atoms with Crippen molar-refractivity contribution in [1.29, 1.82) is 0 Å². The summed E-state index contributed by atoms with van der Waals surface area (Å²) in [4.78, 5) is 3.99. The van der Waals surface area contributed by atoms with Gasteiger partial charge in [0, 0.05) is 13.0 Å². The number of hydrogen-bond acceptors (Lipinski definition) is 3. The van der Waals surface area contributed by atoms with Crippen LogP contribution in [0.1, 0.15) is 22.7 Å². The summed E-state index contributed by atoms with van der Waals surface area (Å²) in [6.45, 7) is 0.199. The molecule has 2 N–H and O–H groups in total. The molecule has 1 heterocycles. The minimum atomic E-state index is -4.38. The van der Waals surface area contributed by atoms with E-state index in [0.717, 1.165) is 6.07 Å². The molecule has 0 saturated heterocycles. The van der Waals surface area contributed by atoms with Gasteiger partial charge in [-0.25, -0.2) is 4.98 Å². The summed E-state index contributed by atoms with van der Waals surface area (Å²) in [5.74, 6) is 0.229. The zero-order valence-electron chi connectivity index (χ0n) is 9.37. The lowest BCUT2D eigenvalue weighted by atomic mass is 10.0. The van der Waals surface area contributed by atoms with Gasteiger partial charge >= 0.3 is 6.18 Å². The van der Waals surface area contributed by atoms with Crippen LogP contribution >= 0.6 is 0 Å². The van der Waals surface area contributed by atoms with E-state index in [1.807, 2.05) is 0 Å². The molecule has 0 bridgehead atoms. The largest absolute Gasteiger partial charge is 0.448 e. The molecule has 0 unspecified atom stereocenters. The summed E-state index contributed by atoms with van der Waals surface area (Å²) in [6, 6.07) is 5.36. The molecule has 6 heteroatoms. The topological polar surface area (TPSA) is 52.0 Å². The predicted molar refractivity (Wildman–Crippen MR) is 58.6 cm³/mol. The molecule has 0 saturated carbocycles. The van der Waals surface area contributed by atoms with Crippen molar-refractivity contribution in [3.63, 3.8) is 0 Å². The van der Waals surface area contributed by atoms with E-state index in [2.05, 4.69) is 4.98 Å². The number of benzene rings is 1. The number of aromatic nitrogens is 1. The highest BCUT2D eigenvalue weighted by Gasteiger charge is 2.33. The Morgan fingerprint density at radius 3 is 2.56 bits per heavy atom. The third-order valence-electron chi connectivity index (χ3n) is 2.47. The maximum atomic E-state index is 12.8. The number of alkyl halides is 3. The normalized spacial score (nSPS) is 11.8. The van der Waals surface area contributed by atoms with Crippen LogP contribution in [0.5, 0.6) is 0 Å². The van der Waals surface area contributed by atoms with Gasteiger partial charge in [-0.05, 0) is 11.6 Å². The van der Waals surface area contributed by atoms with Gasteiger partial charge in [-0.1, -0.05) is 18.2 Å². The van der Waals surface area contributed by atoms with Crippen molar-refractivity contribution in [2.45, 2.75) is 19.1 Å². The van der Waals surface area contributed by atoms with Crippen LogP contribution in [0.4, 0.5) is 13.2 Å². The molecule has 2 rings (SSSR count). The van der Waals surface area contributed by atoms with Crippen molar-refractivity contribution >= 4 is 0 Å². The van der Waals surface area contributed by atoms with E-state index >= 15 is 0 Å². The molecule has 18 heavy (non-hydrogen) atoms. The average Bonchev–Trinajstić information content (AvgIpc) is 2.76. The van der Waals surface area contributed by atoms with Crippen LogP contribution in [-0.4, -0.2) is 4.98 Å². The number of nitrogens with two attached hydrogens (primary N) is 1. The fourth-order valence-corrected chi connectivity index (χ4v) is 1.64. The summed E-state index contributed by atoms with van der Waals surface area (Å²) in [7, 11) is 0. The molecule has 0 amide bonds. The second-order valence-electron chi connectivity index (χ2n) is 3.77. The Balaban J connectivity index is 2.29. The molecule has 0 aliphatic carbocycles. The smallest absolute Gasteiger partial charge is 0.416 e. The summed E-state index contributed by atoms with van der Waals surface area (Å²) in [5, 5.41) is 0. The van der Waals surface area contributed by atoms with Crippen LogP contribution in [0.15, 0.2) is 34.9 Å². The second kappa shape index (κ2) is 4.81. The van der Waals surface area contributed by atoms with Crippen molar-refractivity contribution in [1.82, 2.24) is 4.98 Å². The first-order valence-electron chi connectivity index (χ1n) is 5.29. The number of halogens is 3. The third kappa shape index (κ3) is 2.70. The molecule has 3 nitrogen and oxygen atoms in total. The maximum absolute atomic E-state index is 12.8. The Morgan fingerprint density at radius 1 is 1.22 bits per heavy atom. The summed E-state index contributed by atoms with van der Waals surface area (Å²) >= 11 is 0. The van der Waals surface area contributed by atoms with Crippen molar-refractivity contribution in [2.24, 2.45) is 5.73 Å². The van der Waals surface area contributed by atoms with Crippen LogP contribution in [0.2, 0.25) is 0 Å². The van der Waals surface area contributed by atoms with Crippen molar-refractivity contribution < 1.29 is 17.6 Å². The van der Waals surface area contributed by atoms with Gasteiger partial charge in [0.05, 0.1) is 11.3 Å². The predicted octanol–water partition coefficient (Wildman–Crippen LogP) is 2.74. The summed E-state index contributed by atoms with van der Waals surface area (Å²) < 4.78 is 43.3. The average molecular weight is 256 g/mol. The van der Waals surface area contributed by atoms with Gasteiger partial charge < -0.3 is 10.2 Å². The van der Waals surface area contributed by atoms with Crippen molar-refractivity contribution in [2.75, 3.05) is 0 Å². The zero-order valence-corrected chi connectivity index (χ0v) is 9.37. The first-order valence-corrected chi connectivity index (χ1v) is 5.29. The molecule has 0 aliphatic heterocycles. The third-order valence-corrected chi connectivity index (χ3v) is 2.47. The Labute approximate surface area is 101 Å². The molecular formula is C12H11F3N2O. The molecule has 2 aromatic rings. The van der Waals surface area contributed by atoms with Gasteiger partial charge in [0.2, 0.25) is 0 Å². The first kappa shape index (κ1) is 12.6. The maximum Gasteiger partial charge on any atom is 0.416 e. The Kier molecular flexibility index (Phi) is 3.38. The first-order chi connectivity index (χ1) is 8.50. The van der Waals surface area contributed by atoms with Crippen LogP contribution in [0, 0.1) is 0 Å². The standard InChI is InChI=1S/C12H11F3N2O/c13-12(14,15)10-4-2-1-3-8(10)5-11-17-9(6-16)7-18-11/h1-4,7H,5-6,16H2. The fourth-order valence-electron chi connectivity index (χ4n) is 1.64. The minimum absolute atomic E-state index is 0.00428. The molecule has 0 spiro atoms. The van der Waals surface area contributed by atoms with Gasteiger partial charge in [0.25, 0.3) is 0 Å². The number of nitrogens with zero attached hydrogens (tertiary/aromatic N) is 1. The molecule has 96 valence electrons. The van der Waals surface area contributed by atoms with E-state index in [-0.39, 0.29) is 24.4 Å². The SMILES string of the molecule is NCc1coc(Cc2ccccc2C(F)(F)F)n1. The molecule has 0 fully saturated rings. The van der Waals surface area contributed by atoms with Crippen molar-refractivity contribution in [3.8, 4) is 0 Å². The van der Waals surface area contributed by atoms with Crippen molar-refractivity contribution in [3.05, 3.63) is 53.2 Å². The van der Waals surface area contributed by atoms with E-state index in [0.29, 0.717) is 5.69 Å². The van der Waals surface area contributed by atoms with E-state index in [1.54, 1.807) is 6.07 Å². The van der Waals surface area contributed by atoms with Gasteiger partial charge in [0.15, 0.2) is 5.89 Å². The quantitative estimate of drug-likeness (QED) is 0.918. The highest BCUT2D eigenvalue weighted by molar-refractivity contribution is 5.31. The van der Waals surface area contributed by atoms with Crippen LogP contribution < -0.4 is 5.73 Å². The number of oxazole rings is 1. The summed E-state index contributed by atoms with van der Waals surface area (Å²) in [5.41, 5.74) is 5.34.